The number of nitrogens with zero attached hydrogens (tertiary/aromatic N) is 2. The Morgan fingerprint density at radius 2 is 1.65 bits per heavy atom. The summed E-state index contributed by atoms with van der Waals surface area (Å²) in [4.78, 5) is 10.6. The summed E-state index contributed by atoms with van der Waals surface area (Å²) in [5, 5.41) is 13.2. The summed E-state index contributed by atoms with van der Waals surface area (Å²) in [5.74, 6) is 0. The van der Waals surface area contributed by atoms with Crippen molar-refractivity contribution >= 4 is 22.1 Å². The van der Waals surface area contributed by atoms with E-state index in [0.29, 0.717) is 5.69 Å². The molecule has 3 aromatic rings. The number of aromatic nitrogens is 1. The highest BCUT2D eigenvalue weighted by atomic mass is 16.6. The van der Waals surface area contributed by atoms with Crippen molar-refractivity contribution in [3.63, 3.8) is 0 Å². The van der Waals surface area contributed by atoms with Gasteiger partial charge < -0.3 is 0 Å². The van der Waals surface area contributed by atoms with E-state index in [9.17, 15) is 10.1 Å². The molecule has 0 aliphatic rings. The summed E-state index contributed by atoms with van der Waals surface area (Å²) in [6.07, 6.45) is 3.73. The zero-order chi connectivity index (χ0) is 13.9. The molecule has 0 amide bonds. The molecule has 5 nitrogen and oxygen atoms in total. The highest BCUT2D eigenvalue weighted by Gasteiger charge is 2.15. The number of nitrogens with one attached hydrogen (secondary N) is 1. The molecule has 2 aromatic carbocycles. The lowest BCUT2D eigenvalue weighted by Crippen LogP contribution is -2.41. The van der Waals surface area contributed by atoms with Gasteiger partial charge >= 0.3 is 0 Å². The lowest BCUT2D eigenvalue weighted by Gasteiger charge is -2.02. The predicted octanol–water partition coefficient (Wildman–Crippen LogP) is 2.91. The van der Waals surface area contributed by atoms with Crippen molar-refractivity contribution in [1.82, 2.24) is 0 Å². The number of hydrogen-bond acceptors (Lipinski definition) is 3. The molecule has 1 heterocycles. The van der Waals surface area contributed by atoms with E-state index in [-0.39, 0.29) is 5.69 Å². The number of nitro benzene ring substituents is 1. The minimum Gasteiger partial charge on any atom is -0.258 e. The van der Waals surface area contributed by atoms with E-state index >= 15 is 0 Å². The summed E-state index contributed by atoms with van der Waals surface area (Å²) in [5.41, 5.74) is 3.53. The summed E-state index contributed by atoms with van der Waals surface area (Å²) in [7, 11) is 0. The van der Waals surface area contributed by atoms with Crippen LogP contribution in [0, 0.1) is 10.1 Å². The first-order valence-electron chi connectivity index (χ1n) is 6.14. The normalized spacial score (nSPS) is 10.4. The van der Waals surface area contributed by atoms with Crippen molar-refractivity contribution < 1.29 is 9.60 Å². The molecule has 0 aliphatic carbocycles. The van der Waals surface area contributed by atoms with Gasteiger partial charge in [0.15, 0.2) is 5.69 Å². The second-order valence-electron chi connectivity index (χ2n) is 4.37. The fourth-order valence-electron chi connectivity index (χ4n) is 2.07. The molecule has 0 atom stereocenters. The van der Waals surface area contributed by atoms with Crippen molar-refractivity contribution in [3.8, 4) is 0 Å². The van der Waals surface area contributed by atoms with Crippen LogP contribution in [-0.4, -0.2) is 4.92 Å². The number of nitro groups is 1. The number of benzene rings is 2. The van der Waals surface area contributed by atoms with Crippen LogP contribution in [0.2, 0.25) is 0 Å². The van der Waals surface area contributed by atoms with Gasteiger partial charge in [-0.1, -0.05) is 35.0 Å². The lowest BCUT2D eigenvalue weighted by molar-refractivity contribution is -0.641. The molecule has 20 heavy (non-hydrogen) atoms. The Morgan fingerprint density at radius 3 is 2.45 bits per heavy atom. The Balaban J connectivity index is 1.99. The third-order valence-electron chi connectivity index (χ3n) is 3.04. The van der Waals surface area contributed by atoms with Crippen molar-refractivity contribution in [2.75, 3.05) is 5.43 Å². The monoisotopic (exact) mass is 266 g/mol. The number of rotatable bonds is 3. The van der Waals surface area contributed by atoms with E-state index in [1.165, 1.54) is 6.07 Å². The van der Waals surface area contributed by atoms with Gasteiger partial charge in [-0.05, 0) is 17.5 Å². The van der Waals surface area contributed by atoms with Crippen LogP contribution in [0.1, 0.15) is 0 Å². The molecule has 0 aliphatic heterocycles. The topological polar surface area (TPSA) is 59.1 Å². The van der Waals surface area contributed by atoms with Crippen molar-refractivity contribution in [3.05, 3.63) is 77.1 Å². The summed E-state index contributed by atoms with van der Waals surface area (Å²) < 4.78 is 1.71. The first-order chi connectivity index (χ1) is 9.74. The first kappa shape index (κ1) is 12.1. The van der Waals surface area contributed by atoms with Crippen LogP contribution < -0.4 is 10.1 Å². The summed E-state index contributed by atoms with van der Waals surface area (Å²) >= 11 is 0. The molecular formula is C15H12N3O2+. The smallest absolute Gasteiger partial charge is 0.258 e. The van der Waals surface area contributed by atoms with Gasteiger partial charge in [0.2, 0.25) is 12.4 Å². The molecule has 1 N–H and O–H groups in total. The number of fused-ring (bicyclic) bond motifs is 1. The lowest BCUT2D eigenvalue weighted by atomic mass is 10.2. The molecule has 0 unspecified atom stereocenters. The minimum atomic E-state index is -0.399. The summed E-state index contributed by atoms with van der Waals surface area (Å²) in [6, 6.07) is 16.5. The summed E-state index contributed by atoms with van der Waals surface area (Å²) in [6.45, 7) is 0. The van der Waals surface area contributed by atoms with Gasteiger partial charge in [-0.2, -0.15) is 5.43 Å². The van der Waals surface area contributed by atoms with E-state index < -0.39 is 4.92 Å². The first-order valence-corrected chi connectivity index (χ1v) is 6.14. The van der Waals surface area contributed by atoms with Crippen molar-refractivity contribution in [2.24, 2.45) is 0 Å². The fourth-order valence-corrected chi connectivity index (χ4v) is 2.07. The second kappa shape index (κ2) is 4.97. The van der Waals surface area contributed by atoms with E-state index in [1.807, 2.05) is 42.7 Å². The third-order valence-corrected chi connectivity index (χ3v) is 3.04. The molecule has 0 fully saturated rings. The number of anilines is 1. The van der Waals surface area contributed by atoms with Gasteiger partial charge in [-0.25, -0.2) is 0 Å². The molecule has 0 saturated heterocycles. The minimum absolute atomic E-state index is 0.0492. The maximum atomic E-state index is 11.0. The van der Waals surface area contributed by atoms with Crippen LogP contribution in [0.3, 0.4) is 0 Å². The number of hydrogen-bond donors (Lipinski definition) is 1. The largest absolute Gasteiger partial charge is 0.298 e. The molecule has 3 rings (SSSR count). The van der Waals surface area contributed by atoms with Crippen LogP contribution in [-0.2, 0) is 0 Å². The molecular weight excluding hydrogens is 254 g/mol. The SMILES string of the molecule is O=[N+]([O-])c1ccccc1N[n+]1ccc2ccccc2c1. The Kier molecular flexibility index (Phi) is 3.01. The fraction of sp³-hybridized carbons (Fsp3) is 0. The third kappa shape index (κ3) is 2.29. The van der Waals surface area contributed by atoms with Gasteiger partial charge in [-0.15, -0.1) is 0 Å². The zero-order valence-corrected chi connectivity index (χ0v) is 10.6. The number of pyridine rings is 1. The van der Waals surface area contributed by atoms with Crippen molar-refractivity contribution in [1.29, 1.82) is 0 Å². The van der Waals surface area contributed by atoms with Gasteiger partial charge in [0.05, 0.1) is 4.92 Å². The van der Waals surface area contributed by atoms with Crippen LogP contribution in [0.5, 0.6) is 0 Å². The van der Waals surface area contributed by atoms with E-state index in [1.54, 1.807) is 22.9 Å². The van der Waals surface area contributed by atoms with Crippen LogP contribution >= 0.6 is 0 Å². The molecule has 1 aromatic heterocycles. The zero-order valence-electron chi connectivity index (χ0n) is 10.6. The Bertz CT molecular complexity index is 787. The Hall–Kier alpha value is -2.95. The van der Waals surface area contributed by atoms with E-state index in [0.717, 1.165) is 10.8 Å². The predicted molar refractivity (Wildman–Crippen MR) is 76.3 cm³/mol. The average Bonchev–Trinajstić information content (AvgIpc) is 2.47. The second-order valence-corrected chi connectivity index (χ2v) is 4.37. The van der Waals surface area contributed by atoms with E-state index in [2.05, 4.69) is 5.43 Å². The van der Waals surface area contributed by atoms with Gasteiger partial charge in [0.1, 0.15) is 0 Å². The maximum Gasteiger partial charge on any atom is 0.298 e. The molecule has 0 spiro atoms. The van der Waals surface area contributed by atoms with Gasteiger partial charge in [0.25, 0.3) is 5.69 Å². The van der Waals surface area contributed by atoms with Crippen LogP contribution in [0.4, 0.5) is 11.4 Å². The van der Waals surface area contributed by atoms with Gasteiger partial charge in [-0.3, -0.25) is 10.1 Å². The standard InChI is InChI=1S/C15H12N3O2/c19-18(20)15-8-4-3-7-14(15)16-17-10-9-12-5-1-2-6-13(12)11-17/h1-11,16H/q+1. The highest BCUT2D eigenvalue weighted by molar-refractivity contribution is 5.80. The Morgan fingerprint density at radius 1 is 0.950 bits per heavy atom. The molecule has 5 heteroatoms. The van der Waals surface area contributed by atoms with Gasteiger partial charge in [0, 0.05) is 17.5 Å². The number of para-hydroxylation sites is 2. The average molecular weight is 266 g/mol. The Labute approximate surface area is 115 Å². The molecule has 0 bridgehead atoms. The highest BCUT2D eigenvalue weighted by Crippen LogP contribution is 2.22. The molecule has 0 radical (unpaired) electrons. The van der Waals surface area contributed by atoms with Crippen molar-refractivity contribution in [2.45, 2.75) is 0 Å². The molecule has 98 valence electrons. The maximum absolute atomic E-state index is 11.0. The van der Waals surface area contributed by atoms with E-state index in [4.69, 9.17) is 0 Å². The quantitative estimate of drug-likeness (QED) is 0.450. The molecule has 0 saturated carbocycles. The van der Waals surface area contributed by atoms with Crippen LogP contribution in [0.15, 0.2) is 67.0 Å². The van der Waals surface area contributed by atoms with Crippen LogP contribution in [0.25, 0.3) is 10.8 Å².